The molecule has 1 aromatic heterocycles. The van der Waals surface area contributed by atoms with Crippen LogP contribution < -0.4 is 0 Å². The zero-order valence-corrected chi connectivity index (χ0v) is 22.1. The summed E-state index contributed by atoms with van der Waals surface area (Å²) in [7, 11) is 2.01. The third-order valence-electron chi connectivity index (χ3n) is 8.74. The molecule has 3 heterocycles. The van der Waals surface area contributed by atoms with E-state index in [9.17, 15) is 4.79 Å². The van der Waals surface area contributed by atoms with Crippen LogP contribution >= 0.6 is 0 Å². The molecule has 1 atom stereocenters. The minimum absolute atomic E-state index is 0.149. The molecule has 0 N–H and O–H groups in total. The maximum absolute atomic E-state index is 13.4. The van der Waals surface area contributed by atoms with E-state index in [2.05, 4.69) is 70.5 Å². The lowest BCUT2D eigenvalue weighted by atomic mass is 9.89. The molecule has 0 bridgehead atoms. The second kappa shape index (κ2) is 10.8. The topological polar surface area (TPSA) is 44.6 Å². The Morgan fingerprint density at radius 2 is 1.46 bits per heavy atom. The summed E-state index contributed by atoms with van der Waals surface area (Å²) in [5.74, 6) is 0.149. The smallest absolute Gasteiger partial charge is 0.274 e. The Labute approximate surface area is 220 Å². The molecule has 194 valence electrons. The summed E-state index contributed by atoms with van der Waals surface area (Å²) in [5, 5.41) is 4.75. The van der Waals surface area contributed by atoms with Gasteiger partial charge in [0.2, 0.25) is 0 Å². The number of carbonyl (C=O) groups is 1. The summed E-state index contributed by atoms with van der Waals surface area (Å²) >= 11 is 0. The first-order valence-electron chi connectivity index (χ1n) is 14.1. The number of hydrogen-bond donors (Lipinski definition) is 0. The molecule has 6 heteroatoms. The third kappa shape index (κ3) is 4.97. The van der Waals surface area contributed by atoms with Gasteiger partial charge >= 0.3 is 0 Å². The molecule has 2 aromatic carbocycles. The number of aromatic nitrogens is 2. The Morgan fingerprint density at radius 3 is 2.08 bits per heavy atom. The second-order valence-electron chi connectivity index (χ2n) is 10.9. The van der Waals surface area contributed by atoms with Crippen LogP contribution in [0.15, 0.2) is 60.7 Å². The molecule has 6 rings (SSSR count). The van der Waals surface area contributed by atoms with Crippen molar-refractivity contribution in [2.45, 2.75) is 50.6 Å². The molecule has 3 aliphatic rings. The van der Waals surface area contributed by atoms with E-state index in [1.807, 2.05) is 16.6 Å². The summed E-state index contributed by atoms with van der Waals surface area (Å²) in [6, 6.07) is 22.6. The number of piperazine rings is 1. The number of aryl methyl sites for hydroxylation is 1. The molecule has 1 unspecified atom stereocenters. The molecule has 0 radical (unpaired) electrons. The lowest BCUT2D eigenvalue weighted by molar-refractivity contribution is 0.0699. The largest absolute Gasteiger partial charge is 0.337 e. The molecule has 2 aliphatic heterocycles. The van der Waals surface area contributed by atoms with Crippen LogP contribution in [0.4, 0.5) is 0 Å². The first kappa shape index (κ1) is 24.4. The van der Waals surface area contributed by atoms with Crippen LogP contribution in [0.25, 0.3) is 0 Å². The summed E-state index contributed by atoms with van der Waals surface area (Å²) in [4.78, 5) is 20.7. The first-order chi connectivity index (χ1) is 18.2. The van der Waals surface area contributed by atoms with Crippen LogP contribution in [0, 0.1) is 0 Å². The molecular weight excluding hydrogens is 458 g/mol. The van der Waals surface area contributed by atoms with Crippen molar-refractivity contribution >= 4 is 5.91 Å². The number of hydrogen-bond acceptors (Lipinski definition) is 4. The standard InChI is InChI=1S/C31H39N5O/c1-33-28-16-15-26(23-27(28)29(32-33)31(37)36-17-9-4-10-18-36)34-19-21-35(22-20-34)30(24-11-5-2-6-12-24)25-13-7-3-8-14-25/h2-3,5-8,11-14,26,30H,4,9-10,15-23H2,1H3. The fourth-order valence-corrected chi connectivity index (χ4v) is 6.75. The summed E-state index contributed by atoms with van der Waals surface area (Å²) in [5.41, 5.74) is 5.92. The van der Waals surface area contributed by atoms with Gasteiger partial charge in [-0.15, -0.1) is 0 Å². The number of fused-ring (bicyclic) bond motifs is 1. The van der Waals surface area contributed by atoms with E-state index < -0.39 is 0 Å². The quantitative estimate of drug-likeness (QED) is 0.527. The Kier molecular flexibility index (Phi) is 7.12. The number of rotatable bonds is 5. The van der Waals surface area contributed by atoms with E-state index in [1.54, 1.807) is 0 Å². The highest BCUT2D eigenvalue weighted by atomic mass is 16.2. The highest BCUT2D eigenvalue weighted by Gasteiger charge is 2.35. The van der Waals surface area contributed by atoms with Crippen LogP contribution in [0.2, 0.25) is 0 Å². The number of amides is 1. The maximum Gasteiger partial charge on any atom is 0.274 e. The summed E-state index contributed by atoms with van der Waals surface area (Å²) < 4.78 is 1.98. The van der Waals surface area contributed by atoms with Crippen molar-refractivity contribution in [3.05, 3.63) is 88.7 Å². The van der Waals surface area contributed by atoms with Gasteiger partial charge in [-0.1, -0.05) is 60.7 Å². The van der Waals surface area contributed by atoms with Gasteiger partial charge in [-0.25, -0.2) is 0 Å². The molecule has 1 aliphatic carbocycles. The molecule has 0 spiro atoms. The van der Waals surface area contributed by atoms with E-state index in [-0.39, 0.29) is 11.9 Å². The van der Waals surface area contributed by atoms with E-state index in [4.69, 9.17) is 5.10 Å². The van der Waals surface area contributed by atoms with Gasteiger partial charge < -0.3 is 4.90 Å². The lowest BCUT2D eigenvalue weighted by Crippen LogP contribution is -2.52. The van der Waals surface area contributed by atoms with Crippen LogP contribution in [0.3, 0.4) is 0 Å². The highest BCUT2D eigenvalue weighted by molar-refractivity contribution is 5.94. The predicted octanol–water partition coefficient (Wildman–Crippen LogP) is 4.31. The predicted molar refractivity (Wildman–Crippen MR) is 147 cm³/mol. The van der Waals surface area contributed by atoms with E-state index in [1.165, 1.54) is 28.8 Å². The van der Waals surface area contributed by atoms with Crippen molar-refractivity contribution in [2.75, 3.05) is 39.3 Å². The highest BCUT2D eigenvalue weighted by Crippen LogP contribution is 2.32. The Hall–Kier alpha value is -2.96. The van der Waals surface area contributed by atoms with Crippen molar-refractivity contribution in [2.24, 2.45) is 7.05 Å². The molecule has 37 heavy (non-hydrogen) atoms. The van der Waals surface area contributed by atoms with Gasteiger partial charge in [0.15, 0.2) is 5.69 Å². The zero-order chi connectivity index (χ0) is 25.2. The van der Waals surface area contributed by atoms with Crippen molar-refractivity contribution in [3.8, 4) is 0 Å². The number of likely N-dealkylation sites (tertiary alicyclic amines) is 1. The van der Waals surface area contributed by atoms with E-state index >= 15 is 0 Å². The van der Waals surface area contributed by atoms with Crippen LogP contribution in [0.1, 0.15) is 64.6 Å². The third-order valence-corrected chi connectivity index (χ3v) is 8.74. The second-order valence-corrected chi connectivity index (χ2v) is 10.9. The van der Waals surface area contributed by atoms with Crippen LogP contribution in [0.5, 0.6) is 0 Å². The Balaban J connectivity index is 1.16. The number of piperidine rings is 1. The van der Waals surface area contributed by atoms with Gasteiger partial charge in [-0.3, -0.25) is 19.3 Å². The number of benzene rings is 2. The van der Waals surface area contributed by atoms with Gasteiger partial charge in [-0.2, -0.15) is 5.10 Å². The van der Waals surface area contributed by atoms with Gasteiger partial charge in [0.25, 0.3) is 5.91 Å². The average Bonchev–Trinajstić information content (AvgIpc) is 3.30. The van der Waals surface area contributed by atoms with Crippen LogP contribution in [-0.2, 0) is 19.9 Å². The monoisotopic (exact) mass is 497 g/mol. The number of nitrogens with zero attached hydrogens (tertiary/aromatic N) is 5. The molecule has 6 nitrogen and oxygen atoms in total. The minimum atomic E-state index is 0.149. The van der Waals surface area contributed by atoms with Gasteiger partial charge in [-0.05, 0) is 49.7 Å². The first-order valence-corrected chi connectivity index (χ1v) is 14.1. The SMILES string of the molecule is Cn1nc(C(=O)N2CCCCC2)c2c1CCC(N1CCN(C(c3ccccc3)c3ccccc3)CC1)C2. The van der Waals surface area contributed by atoms with Crippen molar-refractivity contribution in [3.63, 3.8) is 0 Å². The molecule has 2 saturated heterocycles. The molecule has 1 amide bonds. The summed E-state index contributed by atoms with van der Waals surface area (Å²) in [6.07, 6.45) is 6.55. The molecule has 2 fully saturated rings. The van der Waals surface area contributed by atoms with Gasteiger partial charge in [0.05, 0.1) is 6.04 Å². The number of carbonyl (C=O) groups excluding carboxylic acids is 1. The Morgan fingerprint density at radius 1 is 0.838 bits per heavy atom. The zero-order valence-electron chi connectivity index (χ0n) is 22.1. The molecule has 3 aromatic rings. The van der Waals surface area contributed by atoms with Crippen LogP contribution in [-0.4, -0.2) is 75.7 Å². The van der Waals surface area contributed by atoms with Gasteiger partial charge in [0, 0.05) is 63.6 Å². The normalized spacial score (nSPS) is 21.2. The average molecular weight is 498 g/mol. The van der Waals surface area contributed by atoms with Crippen molar-refractivity contribution < 1.29 is 4.79 Å². The fraction of sp³-hybridized carbons (Fsp3) is 0.484. The van der Waals surface area contributed by atoms with Gasteiger partial charge in [0.1, 0.15) is 0 Å². The minimum Gasteiger partial charge on any atom is -0.337 e. The van der Waals surface area contributed by atoms with E-state index in [0.29, 0.717) is 6.04 Å². The summed E-state index contributed by atoms with van der Waals surface area (Å²) in [6.45, 7) is 5.96. The fourth-order valence-electron chi connectivity index (χ4n) is 6.75. The lowest BCUT2D eigenvalue weighted by Gasteiger charge is -2.43. The molecular formula is C31H39N5O. The van der Waals surface area contributed by atoms with E-state index in [0.717, 1.165) is 77.1 Å². The van der Waals surface area contributed by atoms with Crippen molar-refractivity contribution in [1.29, 1.82) is 0 Å². The maximum atomic E-state index is 13.4. The molecule has 0 saturated carbocycles. The van der Waals surface area contributed by atoms with Crippen molar-refractivity contribution in [1.82, 2.24) is 24.5 Å². The Bertz CT molecular complexity index is 1150.